The Morgan fingerprint density at radius 1 is 1.41 bits per heavy atom. The first-order valence-corrected chi connectivity index (χ1v) is 7.17. The lowest BCUT2D eigenvalue weighted by atomic mass is 10.3. The van der Waals surface area contributed by atoms with Crippen LogP contribution in [0.15, 0.2) is 12.1 Å². The van der Waals surface area contributed by atoms with Crippen molar-refractivity contribution in [3.63, 3.8) is 0 Å². The molecule has 0 atom stereocenters. The molecule has 1 fully saturated rings. The van der Waals surface area contributed by atoms with Crippen LogP contribution in [0.2, 0.25) is 0 Å². The molecule has 0 unspecified atom stereocenters. The van der Waals surface area contributed by atoms with E-state index in [0.717, 1.165) is 32.4 Å². The lowest BCUT2D eigenvalue weighted by Gasteiger charge is -2.04. The molecule has 0 aliphatic heterocycles. The number of thiophene rings is 1. The highest BCUT2D eigenvalue weighted by atomic mass is 32.1. The highest BCUT2D eigenvalue weighted by Gasteiger charge is 2.22. The summed E-state index contributed by atoms with van der Waals surface area (Å²) in [6.07, 6.45) is 4.01. The summed E-state index contributed by atoms with van der Waals surface area (Å²) in [5, 5.41) is 6.30. The van der Waals surface area contributed by atoms with E-state index in [0.29, 0.717) is 12.5 Å². The van der Waals surface area contributed by atoms with Crippen molar-refractivity contribution in [2.24, 2.45) is 0 Å². The molecule has 2 N–H and O–H groups in total. The third-order valence-electron chi connectivity index (χ3n) is 2.84. The van der Waals surface area contributed by atoms with E-state index in [9.17, 15) is 4.79 Å². The van der Waals surface area contributed by atoms with Gasteiger partial charge in [-0.2, -0.15) is 0 Å². The Balaban J connectivity index is 1.57. The Bertz CT molecular complexity index is 371. The first-order valence-electron chi connectivity index (χ1n) is 6.35. The normalized spacial score (nSPS) is 14.9. The number of rotatable bonds is 7. The van der Waals surface area contributed by atoms with Gasteiger partial charge in [-0.3, -0.25) is 4.79 Å². The van der Waals surface area contributed by atoms with Gasteiger partial charge in [0.05, 0.1) is 0 Å². The van der Waals surface area contributed by atoms with Gasteiger partial charge in [0, 0.05) is 35.3 Å². The molecule has 1 aliphatic carbocycles. The van der Waals surface area contributed by atoms with Crippen LogP contribution in [0.25, 0.3) is 0 Å². The second-order valence-electron chi connectivity index (χ2n) is 4.49. The van der Waals surface area contributed by atoms with Gasteiger partial charge >= 0.3 is 0 Å². The largest absolute Gasteiger partial charge is 0.353 e. The monoisotopic (exact) mass is 252 g/mol. The van der Waals surface area contributed by atoms with Crippen molar-refractivity contribution >= 4 is 17.2 Å². The molecule has 0 radical (unpaired) electrons. The second kappa shape index (κ2) is 6.17. The molecule has 1 heterocycles. The number of carbonyl (C=O) groups excluding carboxylic acids is 1. The van der Waals surface area contributed by atoms with Crippen LogP contribution in [0.3, 0.4) is 0 Å². The summed E-state index contributed by atoms with van der Waals surface area (Å²) >= 11 is 1.85. The summed E-state index contributed by atoms with van der Waals surface area (Å²) < 4.78 is 0. The first kappa shape index (κ1) is 12.6. The Morgan fingerprint density at radius 3 is 2.82 bits per heavy atom. The molecule has 2 rings (SSSR count). The molecule has 1 amide bonds. The number of carbonyl (C=O) groups is 1. The molecule has 0 saturated heterocycles. The van der Waals surface area contributed by atoms with E-state index in [-0.39, 0.29) is 5.91 Å². The summed E-state index contributed by atoms with van der Waals surface area (Å²) in [6, 6.07) is 4.83. The molecular weight excluding hydrogens is 232 g/mol. The smallest absolute Gasteiger partial charge is 0.221 e. The average molecular weight is 252 g/mol. The van der Waals surface area contributed by atoms with Gasteiger partial charge in [0.15, 0.2) is 0 Å². The number of nitrogens with one attached hydrogen (secondary N) is 2. The number of amides is 1. The van der Waals surface area contributed by atoms with Gasteiger partial charge in [0.1, 0.15) is 0 Å². The predicted octanol–water partition coefficient (Wildman–Crippen LogP) is 2.07. The van der Waals surface area contributed by atoms with E-state index in [1.54, 1.807) is 0 Å². The van der Waals surface area contributed by atoms with Crippen LogP contribution in [-0.4, -0.2) is 18.5 Å². The Labute approximate surface area is 107 Å². The zero-order valence-corrected chi connectivity index (χ0v) is 11.1. The minimum absolute atomic E-state index is 0.181. The molecule has 4 heteroatoms. The maximum absolute atomic E-state index is 11.4. The molecule has 1 aromatic heterocycles. The van der Waals surface area contributed by atoms with Crippen LogP contribution < -0.4 is 10.6 Å². The van der Waals surface area contributed by atoms with Crippen molar-refractivity contribution < 1.29 is 4.79 Å². The fourth-order valence-electron chi connectivity index (χ4n) is 1.65. The number of hydrogen-bond donors (Lipinski definition) is 2. The van der Waals surface area contributed by atoms with Crippen LogP contribution in [0.5, 0.6) is 0 Å². The lowest BCUT2D eigenvalue weighted by Crippen LogP contribution is -2.28. The zero-order chi connectivity index (χ0) is 12.1. The molecule has 0 aromatic carbocycles. The molecule has 1 saturated carbocycles. The van der Waals surface area contributed by atoms with E-state index in [1.807, 2.05) is 11.3 Å². The number of aryl methyl sites for hydroxylation is 1. The van der Waals surface area contributed by atoms with Gasteiger partial charge < -0.3 is 10.6 Å². The molecular formula is C13H20N2OS. The quantitative estimate of drug-likeness (QED) is 0.729. The topological polar surface area (TPSA) is 41.1 Å². The van der Waals surface area contributed by atoms with Gasteiger partial charge in [-0.25, -0.2) is 0 Å². The van der Waals surface area contributed by atoms with Gasteiger partial charge in [-0.05, 0) is 31.4 Å². The molecule has 1 aromatic rings. The van der Waals surface area contributed by atoms with Crippen molar-refractivity contribution in [3.05, 3.63) is 21.9 Å². The van der Waals surface area contributed by atoms with Crippen molar-refractivity contribution in [1.82, 2.24) is 10.6 Å². The Morgan fingerprint density at radius 2 is 2.18 bits per heavy atom. The maximum atomic E-state index is 11.4. The van der Waals surface area contributed by atoms with Gasteiger partial charge in [-0.1, -0.05) is 6.92 Å². The van der Waals surface area contributed by atoms with Crippen LogP contribution in [0.1, 0.15) is 35.9 Å². The van der Waals surface area contributed by atoms with Crippen molar-refractivity contribution in [2.45, 2.75) is 45.2 Å². The summed E-state index contributed by atoms with van der Waals surface area (Å²) in [6.45, 7) is 3.81. The third kappa shape index (κ3) is 4.48. The highest BCUT2D eigenvalue weighted by Crippen LogP contribution is 2.18. The Hall–Kier alpha value is -0.870. The Kier molecular flexibility index (Phi) is 4.57. The standard InChI is InChI=1S/C13H20N2OS/c1-2-11-5-6-12(17-11)9-14-8-7-13(16)15-10-3-4-10/h5-6,10,14H,2-4,7-9H2,1H3,(H,15,16). The van der Waals surface area contributed by atoms with Crippen LogP contribution in [0.4, 0.5) is 0 Å². The van der Waals surface area contributed by atoms with Crippen molar-refractivity contribution in [2.75, 3.05) is 6.54 Å². The molecule has 0 spiro atoms. The predicted molar refractivity (Wildman–Crippen MR) is 71.2 cm³/mol. The fraction of sp³-hybridized carbons (Fsp3) is 0.615. The molecule has 1 aliphatic rings. The second-order valence-corrected chi connectivity index (χ2v) is 5.74. The lowest BCUT2D eigenvalue weighted by molar-refractivity contribution is -0.121. The van der Waals surface area contributed by atoms with Gasteiger partial charge in [-0.15, -0.1) is 11.3 Å². The van der Waals surface area contributed by atoms with E-state index in [2.05, 4.69) is 29.7 Å². The third-order valence-corrected chi connectivity index (χ3v) is 4.07. The SMILES string of the molecule is CCc1ccc(CNCCC(=O)NC2CC2)s1. The molecule has 94 valence electrons. The van der Waals surface area contributed by atoms with Crippen LogP contribution in [0, 0.1) is 0 Å². The van der Waals surface area contributed by atoms with Crippen molar-refractivity contribution in [3.8, 4) is 0 Å². The van der Waals surface area contributed by atoms with E-state index in [1.165, 1.54) is 9.75 Å². The zero-order valence-electron chi connectivity index (χ0n) is 10.3. The van der Waals surface area contributed by atoms with E-state index < -0.39 is 0 Å². The number of hydrogen-bond acceptors (Lipinski definition) is 3. The first-order chi connectivity index (χ1) is 8.28. The minimum atomic E-state index is 0.181. The summed E-state index contributed by atoms with van der Waals surface area (Å²) in [5.74, 6) is 0.181. The van der Waals surface area contributed by atoms with Crippen molar-refractivity contribution in [1.29, 1.82) is 0 Å². The summed E-state index contributed by atoms with van der Waals surface area (Å²) in [5.41, 5.74) is 0. The average Bonchev–Trinajstić information content (AvgIpc) is 3.01. The van der Waals surface area contributed by atoms with Crippen LogP contribution >= 0.6 is 11.3 Å². The van der Waals surface area contributed by atoms with Gasteiger partial charge in [0.25, 0.3) is 0 Å². The highest BCUT2D eigenvalue weighted by molar-refractivity contribution is 7.11. The summed E-state index contributed by atoms with van der Waals surface area (Å²) in [4.78, 5) is 14.2. The molecule has 3 nitrogen and oxygen atoms in total. The maximum Gasteiger partial charge on any atom is 0.221 e. The summed E-state index contributed by atoms with van der Waals surface area (Å²) in [7, 11) is 0. The van der Waals surface area contributed by atoms with E-state index in [4.69, 9.17) is 0 Å². The minimum Gasteiger partial charge on any atom is -0.353 e. The van der Waals surface area contributed by atoms with Crippen LogP contribution in [-0.2, 0) is 17.8 Å². The van der Waals surface area contributed by atoms with E-state index >= 15 is 0 Å². The van der Waals surface area contributed by atoms with Gasteiger partial charge in [0.2, 0.25) is 5.91 Å². The molecule has 17 heavy (non-hydrogen) atoms. The molecule has 0 bridgehead atoms. The fourth-order valence-corrected chi connectivity index (χ4v) is 2.58.